The van der Waals surface area contributed by atoms with Crippen LogP contribution in [0.1, 0.15) is 11.1 Å². The molecule has 1 aliphatic rings. The van der Waals surface area contributed by atoms with Gasteiger partial charge in [-0.1, -0.05) is 18.2 Å². The van der Waals surface area contributed by atoms with Crippen molar-refractivity contribution in [3.8, 4) is 5.75 Å². The summed E-state index contributed by atoms with van der Waals surface area (Å²) >= 11 is 0. The fourth-order valence-electron chi connectivity index (χ4n) is 3.87. The standard InChI is InChI=1S/C22H16N2O4/c1-24-11-16(14-5-3-4-6-17(14)24)19-18(21(25)23-22(19)26)15-10-13(27-2)9-12-7-8-28-20(12)15/h3-11H,1-2H3,(H,23,25,26). The van der Waals surface area contributed by atoms with Crippen molar-refractivity contribution in [2.75, 3.05) is 7.11 Å². The van der Waals surface area contributed by atoms with E-state index in [9.17, 15) is 9.59 Å². The SMILES string of the molecule is COc1cc(C2=C(c3cn(C)c4ccccc34)C(=O)NC2=O)c2occc2c1. The zero-order chi connectivity index (χ0) is 19.4. The Balaban J connectivity index is 1.88. The van der Waals surface area contributed by atoms with E-state index >= 15 is 0 Å². The molecule has 0 spiro atoms. The normalized spacial score (nSPS) is 14.4. The zero-order valence-electron chi connectivity index (χ0n) is 15.3. The van der Waals surface area contributed by atoms with Crippen LogP contribution in [0.25, 0.3) is 33.0 Å². The molecule has 0 atom stereocenters. The summed E-state index contributed by atoms with van der Waals surface area (Å²) in [6, 6.07) is 13.1. The first-order valence-electron chi connectivity index (χ1n) is 8.78. The van der Waals surface area contributed by atoms with Gasteiger partial charge in [0.15, 0.2) is 0 Å². The number of nitrogens with zero attached hydrogens (tertiary/aromatic N) is 1. The topological polar surface area (TPSA) is 73.5 Å². The van der Waals surface area contributed by atoms with Crippen molar-refractivity contribution in [3.63, 3.8) is 0 Å². The fourth-order valence-corrected chi connectivity index (χ4v) is 3.87. The van der Waals surface area contributed by atoms with Crippen LogP contribution in [0.15, 0.2) is 59.3 Å². The molecule has 28 heavy (non-hydrogen) atoms. The Morgan fingerprint density at radius 2 is 1.75 bits per heavy atom. The van der Waals surface area contributed by atoms with Crippen LogP contribution in [0.3, 0.4) is 0 Å². The third kappa shape index (κ3) is 2.21. The second-order valence-electron chi connectivity index (χ2n) is 6.72. The molecule has 6 nitrogen and oxygen atoms in total. The number of furan rings is 1. The smallest absolute Gasteiger partial charge is 0.259 e. The van der Waals surface area contributed by atoms with Gasteiger partial charge in [-0.25, -0.2) is 0 Å². The number of methoxy groups -OCH3 is 1. The summed E-state index contributed by atoms with van der Waals surface area (Å²) in [5, 5.41) is 4.14. The number of aryl methyl sites for hydroxylation is 1. The molecule has 0 fully saturated rings. The minimum Gasteiger partial charge on any atom is -0.497 e. The van der Waals surface area contributed by atoms with Crippen molar-refractivity contribution in [1.29, 1.82) is 0 Å². The maximum Gasteiger partial charge on any atom is 0.259 e. The summed E-state index contributed by atoms with van der Waals surface area (Å²) in [7, 11) is 3.47. The molecule has 0 saturated carbocycles. The molecule has 0 aliphatic carbocycles. The number of aromatic nitrogens is 1. The van der Waals surface area contributed by atoms with Crippen molar-refractivity contribution >= 4 is 44.8 Å². The Kier molecular flexibility index (Phi) is 3.42. The van der Waals surface area contributed by atoms with Crippen LogP contribution in [-0.2, 0) is 16.6 Å². The number of ether oxygens (including phenoxy) is 1. The lowest BCUT2D eigenvalue weighted by molar-refractivity contribution is -0.122. The van der Waals surface area contributed by atoms with Gasteiger partial charge in [-0.15, -0.1) is 0 Å². The monoisotopic (exact) mass is 372 g/mol. The molecular formula is C22H16N2O4. The molecule has 2 amide bonds. The van der Waals surface area contributed by atoms with Crippen molar-refractivity contribution in [1.82, 2.24) is 9.88 Å². The predicted molar refractivity (Wildman–Crippen MR) is 106 cm³/mol. The van der Waals surface area contributed by atoms with Crippen LogP contribution in [-0.4, -0.2) is 23.5 Å². The molecule has 138 valence electrons. The average Bonchev–Trinajstić information content (AvgIpc) is 3.37. The number of benzene rings is 2. The third-order valence-corrected chi connectivity index (χ3v) is 5.13. The van der Waals surface area contributed by atoms with E-state index in [2.05, 4.69) is 5.32 Å². The Hall–Kier alpha value is -3.80. The summed E-state index contributed by atoms with van der Waals surface area (Å²) in [6.07, 6.45) is 3.43. The van der Waals surface area contributed by atoms with E-state index in [0.29, 0.717) is 33.6 Å². The molecule has 0 unspecified atom stereocenters. The summed E-state index contributed by atoms with van der Waals surface area (Å²) in [4.78, 5) is 25.6. The first kappa shape index (κ1) is 16.4. The Labute approximate surface area is 160 Å². The van der Waals surface area contributed by atoms with Gasteiger partial charge in [0.05, 0.1) is 24.5 Å². The summed E-state index contributed by atoms with van der Waals surface area (Å²) in [5.74, 6) is -0.279. The van der Waals surface area contributed by atoms with Crippen LogP contribution in [0, 0.1) is 0 Å². The van der Waals surface area contributed by atoms with Gasteiger partial charge >= 0.3 is 0 Å². The lowest BCUT2D eigenvalue weighted by atomic mass is 9.95. The van der Waals surface area contributed by atoms with E-state index in [1.54, 1.807) is 25.5 Å². The zero-order valence-corrected chi connectivity index (χ0v) is 15.3. The van der Waals surface area contributed by atoms with E-state index in [-0.39, 0.29) is 0 Å². The molecule has 1 aliphatic heterocycles. The van der Waals surface area contributed by atoms with Crippen molar-refractivity contribution in [2.24, 2.45) is 7.05 Å². The molecule has 0 saturated heterocycles. The number of hydrogen-bond acceptors (Lipinski definition) is 4. The first-order chi connectivity index (χ1) is 13.6. The van der Waals surface area contributed by atoms with E-state index < -0.39 is 11.8 Å². The van der Waals surface area contributed by atoms with E-state index in [4.69, 9.17) is 9.15 Å². The van der Waals surface area contributed by atoms with Crippen molar-refractivity contribution < 1.29 is 18.7 Å². The van der Waals surface area contributed by atoms with Gasteiger partial charge < -0.3 is 13.7 Å². The van der Waals surface area contributed by atoms with Crippen molar-refractivity contribution in [3.05, 3.63) is 66.1 Å². The summed E-state index contributed by atoms with van der Waals surface area (Å²) in [6.45, 7) is 0. The fraction of sp³-hybridized carbons (Fsp3) is 0.0909. The lowest BCUT2D eigenvalue weighted by Gasteiger charge is -2.08. The highest BCUT2D eigenvalue weighted by Gasteiger charge is 2.35. The molecule has 2 aromatic heterocycles. The highest BCUT2D eigenvalue weighted by atomic mass is 16.5. The van der Waals surface area contributed by atoms with Gasteiger partial charge in [0.25, 0.3) is 11.8 Å². The first-order valence-corrected chi connectivity index (χ1v) is 8.78. The highest BCUT2D eigenvalue weighted by Crippen LogP contribution is 2.39. The average molecular weight is 372 g/mol. The van der Waals surface area contributed by atoms with E-state index in [1.165, 1.54) is 0 Å². The number of para-hydroxylation sites is 1. The molecule has 3 heterocycles. The second kappa shape index (κ2) is 5.85. The van der Waals surface area contributed by atoms with Gasteiger partial charge in [0.1, 0.15) is 11.3 Å². The van der Waals surface area contributed by atoms with Gasteiger partial charge in [-0.05, 0) is 24.3 Å². The number of amides is 2. The summed E-state index contributed by atoms with van der Waals surface area (Å²) < 4.78 is 13.0. The Morgan fingerprint density at radius 3 is 2.54 bits per heavy atom. The molecule has 0 bridgehead atoms. The molecule has 5 rings (SSSR count). The van der Waals surface area contributed by atoms with Gasteiger partial charge in [-0.2, -0.15) is 0 Å². The van der Waals surface area contributed by atoms with Gasteiger partial charge in [0.2, 0.25) is 0 Å². The van der Waals surface area contributed by atoms with E-state index in [0.717, 1.165) is 16.3 Å². The molecule has 6 heteroatoms. The quantitative estimate of drug-likeness (QED) is 0.559. The van der Waals surface area contributed by atoms with Crippen LogP contribution >= 0.6 is 0 Å². The lowest BCUT2D eigenvalue weighted by Crippen LogP contribution is -2.22. The van der Waals surface area contributed by atoms with Crippen molar-refractivity contribution in [2.45, 2.75) is 0 Å². The molecule has 1 N–H and O–H groups in total. The van der Waals surface area contributed by atoms with Crippen LogP contribution in [0.5, 0.6) is 5.75 Å². The third-order valence-electron chi connectivity index (χ3n) is 5.13. The maximum atomic E-state index is 12.8. The number of carbonyl (C=O) groups excluding carboxylic acids is 2. The van der Waals surface area contributed by atoms with Crippen LogP contribution in [0.2, 0.25) is 0 Å². The number of fused-ring (bicyclic) bond motifs is 2. The van der Waals surface area contributed by atoms with Gasteiger partial charge in [0, 0.05) is 40.7 Å². The molecule has 4 aromatic rings. The van der Waals surface area contributed by atoms with E-state index in [1.807, 2.05) is 48.1 Å². The maximum absolute atomic E-state index is 12.8. The predicted octanol–water partition coefficient (Wildman–Crippen LogP) is 3.50. The number of hydrogen-bond donors (Lipinski definition) is 1. The number of nitrogens with one attached hydrogen (secondary N) is 1. The van der Waals surface area contributed by atoms with Crippen LogP contribution in [0.4, 0.5) is 0 Å². The number of carbonyl (C=O) groups is 2. The Bertz CT molecular complexity index is 1320. The minimum atomic E-state index is -0.445. The molecule has 2 aromatic carbocycles. The molecule has 0 radical (unpaired) electrons. The molecular weight excluding hydrogens is 356 g/mol. The van der Waals surface area contributed by atoms with Crippen LogP contribution < -0.4 is 10.1 Å². The number of rotatable bonds is 3. The largest absolute Gasteiger partial charge is 0.497 e. The van der Waals surface area contributed by atoms with Gasteiger partial charge in [-0.3, -0.25) is 14.9 Å². The second-order valence-corrected chi connectivity index (χ2v) is 6.72. The highest BCUT2D eigenvalue weighted by molar-refractivity contribution is 6.50. The number of imide groups is 1. The summed E-state index contributed by atoms with van der Waals surface area (Å²) in [5.41, 5.74) is 3.39. The minimum absolute atomic E-state index is 0.292. The Morgan fingerprint density at radius 1 is 1.00 bits per heavy atom.